The maximum atomic E-state index is 12.8. The van der Waals surface area contributed by atoms with E-state index in [-0.39, 0.29) is 0 Å². The second-order valence-corrected chi connectivity index (χ2v) is 2.56. The van der Waals surface area contributed by atoms with Crippen LogP contribution in [0.4, 0.5) is 17.6 Å². The molecule has 1 aromatic carbocycles. The van der Waals surface area contributed by atoms with Crippen molar-refractivity contribution in [2.75, 3.05) is 0 Å². The minimum absolute atomic E-state index is 0.789. The van der Waals surface area contributed by atoms with Gasteiger partial charge in [0.25, 0.3) is 0 Å². The van der Waals surface area contributed by atoms with Crippen molar-refractivity contribution >= 4 is 0 Å². The first-order valence-corrected chi connectivity index (χ1v) is 3.46. The van der Waals surface area contributed by atoms with Crippen molar-refractivity contribution in [1.29, 1.82) is 0 Å². The highest BCUT2D eigenvalue weighted by Gasteiger charge is 2.54. The van der Waals surface area contributed by atoms with E-state index >= 15 is 0 Å². The van der Waals surface area contributed by atoms with Crippen molar-refractivity contribution in [2.45, 2.75) is 12.0 Å². The summed E-state index contributed by atoms with van der Waals surface area (Å²) in [5, 5.41) is 0. The van der Waals surface area contributed by atoms with Crippen LogP contribution in [-0.4, -0.2) is 6.05 Å². The number of rotatable bonds is 2. The standard InChI is InChI=1S/C8H7F4N/c9-7(10,8(11,12)13)6-4-2-1-3-5-6/h1-5H,13H2. The largest absolute Gasteiger partial charge is 0.367 e. The minimum Gasteiger partial charge on any atom is -0.266 e. The summed E-state index contributed by atoms with van der Waals surface area (Å²) in [4.78, 5) is 0. The molecule has 0 amide bonds. The first-order valence-electron chi connectivity index (χ1n) is 3.46. The van der Waals surface area contributed by atoms with Crippen LogP contribution in [0.25, 0.3) is 0 Å². The Morgan fingerprint density at radius 2 is 1.38 bits per heavy atom. The molecule has 72 valence electrons. The second kappa shape index (κ2) is 2.99. The van der Waals surface area contributed by atoms with Crippen LogP contribution in [0.3, 0.4) is 0 Å². The van der Waals surface area contributed by atoms with E-state index in [9.17, 15) is 17.6 Å². The SMILES string of the molecule is NC(F)(F)C(F)(F)c1ccccc1. The maximum absolute atomic E-state index is 12.8. The fourth-order valence-corrected chi connectivity index (χ4v) is 0.840. The fraction of sp³-hybridized carbons (Fsp3) is 0.250. The van der Waals surface area contributed by atoms with Gasteiger partial charge < -0.3 is 0 Å². The summed E-state index contributed by atoms with van der Waals surface area (Å²) in [5.41, 5.74) is 3.27. The molecule has 0 radical (unpaired) electrons. The van der Waals surface area contributed by atoms with Gasteiger partial charge in [-0.2, -0.15) is 17.6 Å². The van der Waals surface area contributed by atoms with Crippen molar-refractivity contribution in [3.63, 3.8) is 0 Å². The molecule has 0 atom stereocenters. The Morgan fingerprint density at radius 1 is 0.923 bits per heavy atom. The Kier molecular flexibility index (Phi) is 2.30. The second-order valence-electron chi connectivity index (χ2n) is 2.56. The number of halogens is 4. The predicted octanol–water partition coefficient (Wildman–Crippen LogP) is 2.33. The lowest BCUT2D eigenvalue weighted by atomic mass is 10.1. The van der Waals surface area contributed by atoms with Crippen LogP contribution < -0.4 is 5.73 Å². The van der Waals surface area contributed by atoms with Gasteiger partial charge in [0.15, 0.2) is 0 Å². The first-order chi connectivity index (χ1) is 5.86. The van der Waals surface area contributed by atoms with E-state index in [2.05, 4.69) is 5.73 Å². The monoisotopic (exact) mass is 193 g/mol. The van der Waals surface area contributed by atoms with Gasteiger partial charge in [-0.1, -0.05) is 30.3 Å². The molecule has 2 N–H and O–H groups in total. The van der Waals surface area contributed by atoms with Crippen LogP contribution >= 0.6 is 0 Å². The van der Waals surface area contributed by atoms with Crippen molar-refractivity contribution in [3.8, 4) is 0 Å². The summed E-state index contributed by atoms with van der Waals surface area (Å²) < 4.78 is 50.0. The first kappa shape index (κ1) is 9.98. The lowest BCUT2D eigenvalue weighted by Crippen LogP contribution is -2.45. The van der Waals surface area contributed by atoms with Crippen LogP contribution in [0.2, 0.25) is 0 Å². The van der Waals surface area contributed by atoms with Gasteiger partial charge in [-0.05, 0) is 0 Å². The number of hydrogen-bond donors (Lipinski definition) is 1. The molecule has 1 aromatic rings. The molecular formula is C8H7F4N. The molecule has 0 spiro atoms. The maximum Gasteiger partial charge on any atom is 0.367 e. The summed E-state index contributed by atoms with van der Waals surface area (Å²) in [6, 6.07) is 1.22. The Morgan fingerprint density at radius 3 is 1.77 bits per heavy atom. The molecule has 0 fully saturated rings. The molecule has 1 rings (SSSR count). The molecule has 0 saturated carbocycles. The van der Waals surface area contributed by atoms with E-state index in [0.717, 1.165) is 12.1 Å². The van der Waals surface area contributed by atoms with Gasteiger partial charge in [-0.15, -0.1) is 0 Å². The molecule has 1 nitrogen and oxygen atoms in total. The highest BCUT2D eigenvalue weighted by atomic mass is 19.3. The molecular weight excluding hydrogens is 186 g/mol. The number of nitrogens with two attached hydrogens (primary N) is 1. The van der Waals surface area contributed by atoms with Crippen LogP contribution in [0.5, 0.6) is 0 Å². The van der Waals surface area contributed by atoms with Crippen LogP contribution in [0.1, 0.15) is 5.56 Å². The summed E-state index contributed by atoms with van der Waals surface area (Å²) >= 11 is 0. The number of benzene rings is 1. The number of alkyl halides is 4. The van der Waals surface area contributed by atoms with Gasteiger partial charge in [0.05, 0.1) is 0 Å². The van der Waals surface area contributed by atoms with Crippen molar-refractivity contribution in [2.24, 2.45) is 5.73 Å². The molecule has 0 aliphatic heterocycles. The van der Waals surface area contributed by atoms with Gasteiger partial charge in [-0.25, -0.2) is 0 Å². The highest BCUT2D eigenvalue weighted by Crippen LogP contribution is 2.38. The molecule has 13 heavy (non-hydrogen) atoms. The third-order valence-electron chi connectivity index (χ3n) is 1.55. The van der Waals surface area contributed by atoms with Gasteiger partial charge in [0.1, 0.15) is 0 Å². The van der Waals surface area contributed by atoms with E-state index in [0.29, 0.717) is 0 Å². The fourth-order valence-electron chi connectivity index (χ4n) is 0.840. The Hall–Kier alpha value is -1.10. The topological polar surface area (TPSA) is 26.0 Å². The molecule has 0 heterocycles. The zero-order valence-electron chi connectivity index (χ0n) is 6.48. The van der Waals surface area contributed by atoms with Crippen LogP contribution in [0.15, 0.2) is 30.3 Å². The van der Waals surface area contributed by atoms with Crippen molar-refractivity contribution in [1.82, 2.24) is 0 Å². The van der Waals surface area contributed by atoms with Crippen LogP contribution in [0, 0.1) is 0 Å². The third kappa shape index (κ3) is 1.80. The average Bonchev–Trinajstić information content (AvgIpc) is 2.04. The quantitative estimate of drug-likeness (QED) is 0.566. The Bertz CT molecular complexity index is 278. The van der Waals surface area contributed by atoms with Crippen molar-refractivity contribution in [3.05, 3.63) is 35.9 Å². The van der Waals surface area contributed by atoms with Gasteiger partial charge in [0, 0.05) is 5.56 Å². The van der Waals surface area contributed by atoms with Gasteiger partial charge in [-0.3, -0.25) is 5.73 Å². The van der Waals surface area contributed by atoms with E-state index in [1.807, 2.05) is 0 Å². The molecule has 0 aromatic heterocycles. The highest BCUT2D eigenvalue weighted by molar-refractivity contribution is 5.21. The molecule has 5 heteroatoms. The third-order valence-corrected chi connectivity index (χ3v) is 1.55. The Labute approximate surface area is 72.2 Å². The lowest BCUT2D eigenvalue weighted by molar-refractivity contribution is -0.212. The molecule has 0 saturated heterocycles. The summed E-state index contributed by atoms with van der Waals surface area (Å²) in [6.45, 7) is 0. The average molecular weight is 193 g/mol. The number of hydrogen-bond acceptors (Lipinski definition) is 1. The van der Waals surface area contributed by atoms with Crippen LogP contribution in [-0.2, 0) is 5.92 Å². The smallest absolute Gasteiger partial charge is 0.266 e. The Balaban J connectivity index is 3.08. The summed E-state index contributed by atoms with van der Waals surface area (Å²) in [7, 11) is 0. The molecule has 0 aliphatic rings. The van der Waals surface area contributed by atoms with E-state index in [4.69, 9.17) is 0 Å². The van der Waals surface area contributed by atoms with Gasteiger partial charge in [0.2, 0.25) is 0 Å². The molecule has 0 aliphatic carbocycles. The molecule has 0 bridgehead atoms. The normalized spacial score (nSPS) is 13.0. The minimum atomic E-state index is -4.53. The predicted molar refractivity (Wildman–Crippen MR) is 39.5 cm³/mol. The van der Waals surface area contributed by atoms with Crippen molar-refractivity contribution < 1.29 is 17.6 Å². The van der Waals surface area contributed by atoms with Gasteiger partial charge >= 0.3 is 12.0 Å². The zero-order chi connectivity index (χ0) is 10.1. The van der Waals surface area contributed by atoms with E-state index in [1.54, 1.807) is 0 Å². The van der Waals surface area contributed by atoms with E-state index < -0.39 is 17.5 Å². The zero-order valence-corrected chi connectivity index (χ0v) is 6.48. The van der Waals surface area contributed by atoms with E-state index in [1.165, 1.54) is 18.2 Å². The summed E-state index contributed by atoms with van der Waals surface area (Å²) in [5.74, 6) is -4.33. The summed E-state index contributed by atoms with van der Waals surface area (Å²) in [6.07, 6.45) is 0. The molecule has 0 unspecified atom stereocenters. The lowest BCUT2D eigenvalue weighted by Gasteiger charge is -2.22.